The zero-order chi connectivity index (χ0) is 15.7. The van der Waals surface area contributed by atoms with E-state index in [1.807, 2.05) is 6.92 Å². The SMILES string of the molecule is COc1c(CO)cc(Cl)cc1S(=O)(=O)NC1(C)CCCC1. The number of aliphatic hydroxyl groups excluding tert-OH is 1. The fourth-order valence-electron chi connectivity index (χ4n) is 2.81. The van der Waals surface area contributed by atoms with Crippen LogP contribution in [0.4, 0.5) is 0 Å². The van der Waals surface area contributed by atoms with Crippen LogP contribution < -0.4 is 9.46 Å². The first-order chi connectivity index (χ1) is 9.81. The van der Waals surface area contributed by atoms with Gasteiger partial charge in [-0.2, -0.15) is 0 Å². The summed E-state index contributed by atoms with van der Waals surface area (Å²) in [4.78, 5) is -0.0327. The fourth-order valence-corrected chi connectivity index (χ4v) is 4.82. The summed E-state index contributed by atoms with van der Waals surface area (Å²) in [5.74, 6) is 0.135. The van der Waals surface area contributed by atoms with Gasteiger partial charge in [0.25, 0.3) is 0 Å². The van der Waals surface area contributed by atoms with Crippen molar-refractivity contribution in [2.75, 3.05) is 7.11 Å². The smallest absolute Gasteiger partial charge is 0.244 e. The fraction of sp³-hybridized carbons (Fsp3) is 0.571. The van der Waals surface area contributed by atoms with Gasteiger partial charge >= 0.3 is 0 Å². The zero-order valence-electron chi connectivity index (χ0n) is 12.1. The van der Waals surface area contributed by atoms with Crippen molar-refractivity contribution in [3.05, 3.63) is 22.7 Å². The Morgan fingerprint density at radius 1 is 1.38 bits per heavy atom. The Bertz CT molecular complexity index is 624. The molecular weight excluding hydrogens is 314 g/mol. The van der Waals surface area contributed by atoms with E-state index in [4.69, 9.17) is 16.3 Å². The largest absolute Gasteiger partial charge is 0.495 e. The lowest BCUT2D eigenvalue weighted by Gasteiger charge is -2.25. The third-order valence-corrected chi connectivity index (χ3v) is 5.71. The maximum absolute atomic E-state index is 12.7. The Morgan fingerprint density at radius 2 is 2.00 bits per heavy atom. The Labute approximate surface area is 130 Å². The van der Waals surface area contributed by atoms with Crippen LogP contribution in [0, 0.1) is 0 Å². The number of methoxy groups -OCH3 is 1. The minimum absolute atomic E-state index is 0.0327. The van der Waals surface area contributed by atoms with Crippen LogP contribution in [0.1, 0.15) is 38.2 Å². The van der Waals surface area contributed by atoms with Crippen LogP contribution in [0.15, 0.2) is 17.0 Å². The van der Waals surface area contributed by atoms with E-state index in [2.05, 4.69) is 4.72 Å². The quantitative estimate of drug-likeness (QED) is 0.867. The number of hydrogen-bond acceptors (Lipinski definition) is 4. The molecule has 0 unspecified atom stereocenters. The van der Waals surface area contributed by atoms with E-state index in [1.165, 1.54) is 19.2 Å². The number of rotatable bonds is 5. The highest BCUT2D eigenvalue weighted by Gasteiger charge is 2.35. The van der Waals surface area contributed by atoms with Crippen LogP contribution in [0.2, 0.25) is 5.02 Å². The zero-order valence-corrected chi connectivity index (χ0v) is 13.7. The lowest BCUT2D eigenvalue weighted by molar-refractivity contribution is 0.272. The standard InChI is InChI=1S/C14H20ClNO4S/c1-14(5-3-4-6-14)16-21(18,19)12-8-11(15)7-10(9-17)13(12)20-2/h7-8,16-17H,3-6,9H2,1-2H3. The first-order valence-corrected chi connectivity index (χ1v) is 8.69. The molecule has 5 nitrogen and oxygen atoms in total. The summed E-state index contributed by atoms with van der Waals surface area (Å²) in [6.45, 7) is 1.56. The van der Waals surface area contributed by atoms with E-state index in [0.29, 0.717) is 5.56 Å². The molecule has 0 radical (unpaired) electrons. The second kappa shape index (κ2) is 6.12. The molecule has 0 amide bonds. The van der Waals surface area contributed by atoms with Gasteiger partial charge in [-0.3, -0.25) is 0 Å². The maximum atomic E-state index is 12.7. The molecule has 1 aromatic rings. The van der Waals surface area contributed by atoms with Gasteiger partial charge in [0, 0.05) is 16.1 Å². The number of aliphatic hydroxyl groups is 1. The van der Waals surface area contributed by atoms with Crippen molar-refractivity contribution >= 4 is 21.6 Å². The van der Waals surface area contributed by atoms with Crippen LogP contribution in [-0.4, -0.2) is 26.2 Å². The molecule has 0 bridgehead atoms. The normalized spacial score (nSPS) is 17.9. The summed E-state index contributed by atoms with van der Waals surface area (Å²) in [6.07, 6.45) is 3.63. The second-order valence-electron chi connectivity index (χ2n) is 5.63. The molecule has 0 aliphatic heterocycles. The van der Waals surface area contributed by atoms with Crippen molar-refractivity contribution in [1.82, 2.24) is 4.72 Å². The molecule has 1 aromatic carbocycles. The van der Waals surface area contributed by atoms with Gasteiger partial charge < -0.3 is 9.84 Å². The highest BCUT2D eigenvalue weighted by Crippen LogP contribution is 2.35. The first kappa shape index (κ1) is 16.5. The van der Waals surface area contributed by atoms with E-state index in [0.717, 1.165) is 25.7 Å². The van der Waals surface area contributed by atoms with E-state index in [-0.39, 0.29) is 22.3 Å². The molecule has 0 aromatic heterocycles. The lowest BCUT2D eigenvalue weighted by atomic mass is 10.0. The van der Waals surface area contributed by atoms with Gasteiger partial charge in [0.2, 0.25) is 10.0 Å². The average Bonchev–Trinajstić information content (AvgIpc) is 2.83. The van der Waals surface area contributed by atoms with Gasteiger partial charge in [0.05, 0.1) is 13.7 Å². The Morgan fingerprint density at radius 3 is 2.52 bits per heavy atom. The molecule has 1 saturated carbocycles. The molecule has 0 atom stereocenters. The summed E-state index contributed by atoms with van der Waals surface area (Å²) < 4.78 is 33.2. The monoisotopic (exact) mass is 333 g/mol. The van der Waals surface area contributed by atoms with E-state index < -0.39 is 15.6 Å². The average molecular weight is 334 g/mol. The molecule has 118 valence electrons. The molecule has 0 spiro atoms. The van der Waals surface area contributed by atoms with Crippen LogP contribution in [0.5, 0.6) is 5.75 Å². The Kier molecular flexibility index (Phi) is 4.82. The predicted octanol–water partition coefficient (Wildman–Crippen LogP) is 2.45. The van der Waals surface area contributed by atoms with Crippen molar-refractivity contribution in [3.8, 4) is 5.75 Å². The molecule has 0 saturated heterocycles. The van der Waals surface area contributed by atoms with Crippen LogP contribution in [0.25, 0.3) is 0 Å². The summed E-state index contributed by atoms with van der Waals surface area (Å²) >= 11 is 5.96. The van der Waals surface area contributed by atoms with E-state index in [9.17, 15) is 13.5 Å². The molecule has 7 heteroatoms. The number of hydrogen-bond donors (Lipinski definition) is 2. The van der Waals surface area contributed by atoms with Crippen LogP contribution in [-0.2, 0) is 16.6 Å². The maximum Gasteiger partial charge on any atom is 0.244 e. The molecule has 21 heavy (non-hydrogen) atoms. The van der Waals surface area contributed by atoms with Gasteiger partial charge in [0.1, 0.15) is 10.6 Å². The summed E-state index contributed by atoms with van der Waals surface area (Å²) in [6, 6.07) is 2.84. The van der Waals surface area contributed by atoms with Crippen molar-refractivity contribution in [1.29, 1.82) is 0 Å². The molecule has 2 rings (SSSR count). The molecule has 2 N–H and O–H groups in total. The summed E-state index contributed by atoms with van der Waals surface area (Å²) in [7, 11) is -2.40. The van der Waals surface area contributed by atoms with Gasteiger partial charge in [-0.05, 0) is 31.9 Å². The number of ether oxygens (including phenoxy) is 1. The Hall–Kier alpha value is -0.820. The van der Waals surface area contributed by atoms with Gasteiger partial charge in [-0.15, -0.1) is 0 Å². The molecular formula is C14H20ClNO4S. The number of nitrogens with one attached hydrogen (secondary N) is 1. The Balaban J connectivity index is 2.46. The molecule has 1 aliphatic carbocycles. The van der Waals surface area contributed by atoms with Crippen molar-refractivity contribution in [2.24, 2.45) is 0 Å². The number of halogens is 1. The second-order valence-corrected chi connectivity index (χ2v) is 7.71. The van der Waals surface area contributed by atoms with Gasteiger partial charge in [-0.25, -0.2) is 13.1 Å². The van der Waals surface area contributed by atoms with Crippen molar-refractivity contribution in [2.45, 2.75) is 49.6 Å². The van der Waals surface area contributed by atoms with E-state index in [1.54, 1.807) is 0 Å². The number of sulfonamides is 1. The first-order valence-electron chi connectivity index (χ1n) is 6.82. The van der Waals surface area contributed by atoms with E-state index >= 15 is 0 Å². The van der Waals surface area contributed by atoms with Crippen LogP contribution >= 0.6 is 11.6 Å². The highest BCUT2D eigenvalue weighted by atomic mass is 35.5. The molecule has 1 aliphatic rings. The van der Waals surface area contributed by atoms with Crippen molar-refractivity contribution in [3.63, 3.8) is 0 Å². The van der Waals surface area contributed by atoms with Gasteiger partial charge in [0.15, 0.2) is 0 Å². The topological polar surface area (TPSA) is 75.6 Å². The molecule has 1 fully saturated rings. The van der Waals surface area contributed by atoms with Crippen LogP contribution in [0.3, 0.4) is 0 Å². The summed E-state index contributed by atoms with van der Waals surface area (Å²) in [5, 5.41) is 9.59. The predicted molar refractivity (Wildman–Crippen MR) is 81.1 cm³/mol. The third kappa shape index (κ3) is 3.51. The summed E-state index contributed by atoms with van der Waals surface area (Å²) in [5.41, 5.74) is -0.0899. The van der Waals surface area contributed by atoms with Gasteiger partial charge in [-0.1, -0.05) is 24.4 Å². The third-order valence-electron chi connectivity index (χ3n) is 3.85. The van der Waals surface area contributed by atoms with Crippen molar-refractivity contribution < 1.29 is 18.3 Å². The number of benzene rings is 1. The lowest BCUT2D eigenvalue weighted by Crippen LogP contribution is -2.43. The minimum atomic E-state index is -3.77. The minimum Gasteiger partial charge on any atom is -0.495 e. The molecule has 0 heterocycles. The highest BCUT2D eigenvalue weighted by molar-refractivity contribution is 7.89.